The van der Waals surface area contributed by atoms with Crippen molar-refractivity contribution in [2.24, 2.45) is 5.16 Å². The third-order valence-corrected chi connectivity index (χ3v) is 2.34. The molecular formula is C10H10N2O3. The molecule has 15 heavy (non-hydrogen) atoms. The van der Waals surface area contributed by atoms with E-state index < -0.39 is 12.1 Å². The predicted molar refractivity (Wildman–Crippen MR) is 54.3 cm³/mol. The maximum Gasteiger partial charge on any atom is 0.296 e. The van der Waals surface area contributed by atoms with Crippen LogP contribution in [0.1, 0.15) is 12.5 Å². The number of benzene rings is 1. The fraction of sp³-hybridized carbons (Fsp3) is 0.300. The molecule has 0 aliphatic carbocycles. The molecule has 5 nitrogen and oxygen atoms in total. The average molecular weight is 206 g/mol. The number of oxime groups is 1. The molecule has 0 spiro atoms. The molecule has 1 aromatic rings. The molecule has 0 unspecified atom stereocenters. The standard InChI is InChI=1S/C10H10N2O3/c1-7-10(12(13)14)9(11-15-7)8-5-3-2-4-6-8/h2-7,10H,1H3/t7-,10-/m0/s1. The Morgan fingerprint density at radius 1 is 1.40 bits per heavy atom. The minimum absolute atomic E-state index is 0.358. The van der Waals surface area contributed by atoms with Crippen LogP contribution < -0.4 is 0 Å². The summed E-state index contributed by atoms with van der Waals surface area (Å²) in [4.78, 5) is 15.4. The zero-order chi connectivity index (χ0) is 10.8. The molecule has 0 N–H and O–H groups in total. The molecule has 0 saturated carbocycles. The molecule has 78 valence electrons. The Hall–Kier alpha value is -1.91. The maximum atomic E-state index is 10.8. The lowest BCUT2D eigenvalue weighted by atomic mass is 10.0. The van der Waals surface area contributed by atoms with Crippen LogP contribution in [0.5, 0.6) is 0 Å². The first-order valence-electron chi connectivity index (χ1n) is 4.63. The van der Waals surface area contributed by atoms with Gasteiger partial charge in [0, 0.05) is 10.5 Å². The van der Waals surface area contributed by atoms with Crippen LogP contribution in [0.2, 0.25) is 0 Å². The lowest BCUT2D eigenvalue weighted by molar-refractivity contribution is -0.510. The highest BCUT2D eigenvalue weighted by atomic mass is 16.7. The maximum absolute atomic E-state index is 10.8. The quantitative estimate of drug-likeness (QED) is 0.543. The number of rotatable bonds is 2. The second-order valence-corrected chi connectivity index (χ2v) is 3.38. The van der Waals surface area contributed by atoms with E-state index in [0.717, 1.165) is 5.56 Å². The second-order valence-electron chi connectivity index (χ2n) is 3.38. The van der Waals surface area contributed by atoms with Gasteiger partial charge in [-0.1, -0.05) is 35.5 Å². The van der Waals surface area contributed by atoms with Crippen molar-refractivity contribution in [3.63, 3.8) is 0 Å². The number of hydrogen-bond acceptors (Lipinski definition) is 4. The van der Waals surface area contributed by atoms with Crippen LogP contribution in [0.4, 0.5) is 0 Å². The van der Waals surface area contributed by atoms with Crippen molar-refractivity contribution >= 4 is 5.71 Å². The van der Waals surface area contributed by atoms with Crippen LogP contribution in [-0.4, -0.2) is 22.8 Å². The molecule has 2 rings (SSSR count). The average Bonchev–Trinajstić information content (AvgIpc) is 2.61. The molecule has 0 fully saturated rings. The van der Waals surface area contributed by atoms with E-state index in [4.69, 9.17) is 4.84 Å². The largest absolute Gasteiger partial charge is 0.384 e. The number of hydrogen-bond donors (Lipinski definition) is 0. The Labute approximate surface area is 86.5 Å². The first-order chi connectivity index (χ1) is 7.20. The summed E-state index contributed by atoms with van der Waals surface area (Å²) < 4.78 is 0. The van der Waals surface area contributed by atoms with E-state index in [1.807, 2.05) is 18.2 Å². The molecule has 0 bridgehead atoms. The van der Waals surface area contributed by atoms with Gasteiger partial charge in [-0.15, -0.1) is 0 Å². The van der Waals surface area contributed by atoms with E-state index in [-0.39, 0.29) is 4.92 Å². The molecule has 1 aromatic carbocycles. The molecule has 1 aliphatic heterocycles. The van der Waals surface area contributed by atoms with Gasteiger partial charge < -0.3 is 4.84 Å². The van der Waals surface area contributed by atoms with E-state index in [2.05, 4.69) is 5.16 Å². The molecule has 2 atom stereocenters. The lowest BCUT2D eigenvalue weighted by Gasteiger charge is -2.06. The summed E-state index contributed by atoms with van der Waals surface area (Å²) in [7, 11) is 0. The lowest BCUT2D eigenvalue weighted by Crippen LogP contribution is -2.35. The van der Waals surface area contributed by atoms with Crippen LogP contribution in [0.15, 0.2) is 35.5 Å². The summed E-state index contributed by atoms with van der Waals surface area (Å²) >= 11 is 0. The van der Waals surface area contributed by atoms with Gasteiger partial charge in [0.05, 0.1) is 0 Å². The van der Waals surface area contributed by atoms with Gasteiger partial charge in [0.1, 0.15) is 0 Å². The minimum atomic E-state index is -0.868. The smallest absolute Gasteiger partial charge is 0.296 e. The molecule has 0 saturated heterocycles. The van der Waals surface area contributed by atoms with Crippen LogP contribution in [0, 0.1) is 10.1 Å². The topological polar surface area (TPSA) is 64.7 Å². The summed E-state index contributed by atoms with van der Waals surface area (Å²) in [5, 5.41) is 14.6. The van der Waals surface area contributed by atoms with E-state index in [9.17, 15) is 10.1 Å². The Balaban J connectivity index is 2.34. The van der Waals surface area contributed by atoms with Crippen molar-refractivity contribution in [3.8, 4) is 0 Å². The Morgan fingerprint density at radius 2 is 2.07 bits per heavy atom. The van der Waals surface area contributed by atoms with Crippen molar-refractivity contribution in [1.82, 2.24) is 0 Å². The Morgan fingerprint density at radius 3 is 2.67 bits per heavy atom. The summed E-state index contributed by atoms with van der Waals surface area (Å²) in [5.41, 5.74) is 1.14. The molecule has 0 radical (unpaired) electrons. The van der Waals surface area contributed by atoms with Crippen LogP contribution in [0.25, 0.3) is 0 Å². The van der Waals surface area contributed by atoms with Crippen LogP contribution in [0.3, 0.4) is 0 Å². The van der Waals surface area contributed by atoms with E-state index in [0.29, 0.717) is 5.71 Å². The van der Waals surface area contributed by atoms with E-state index >= 15 is 0 Å². The van der Waals surface area contributed by atoms with Gasteiger partial charge in [-0.2, -0.15) is 0 Å². The molecular weight excluding hydrogens is 196 g/mol. The molecule has 0 amide bonds. The molecule has 1 heterocycles. The first-order valence-corrected chi connectivity index (χ1v) is 4.63. The van der Waals surface area contributed by atoms with Gasteiger partial charge in [0.15, 0.2) is 11.8 Å². The third-order valence-electron chi connectivity index (χ3n) is 2.34. The SMILES string of the molecule is C[C@@H]1ON=C(c2ccccc2)[C@H]1[N+](=O)[O-]. The molecule has 5 heteroatoms. The predicted octanol–water partition coefficient (Wildman–Crippen LogP) is 1.45. The van der Waals surface area contributed by atoms with Gasteiger partial charge in [-0.3, -0.25) is 10.1 Å². The highest BCUT2D eigenvalue weighted by Gasteiger charge is 2.41. The van der Waals surface area contributed by atoms with Gasteiger partial charge in [0.2, 0.25) is 0 Å². The van der Waals surface area contributed by atoms with Crippen molar-refractivity contribution in [1.29, 1.82) is 0 Å². The van der Waals surface area contributed by atoms with Crippen molar-refractivity contribution in [2.45, 2.75) is 19.1 Å². The van der Waals surface area contributed by atoms with Crippen molar-refractivity contribution < 1.29 is 9.76 Å². The van der Waals surface area contributed by atoms with Gasteiger partial charge >= 0.3 is 0 Å². The summed E-state index contributed by atoms with van der Waals surface area (Å²) in [5.74, 6) is 0. The Kier molecular flexibility index (Phi) is 2.37. The third kappa shape index (κ3) is 1.68. The highest BCUT2D eigenvalue weighted by Crippen LogP contribution is 2.19. The summed E-state index contributed by atoms with van der Waals surface area (Å²) in [6.45, 7) is 1.65. The van der Waals surface area contributed by atoms with Gasteiger partial charge in [-0.05, 0) is 6.92 Å². The van der Waals surface area contributed by atoms with Crippen LogP contribution >= 0.6 is 0 Å². The highest BCUT2D eigenvalue weighted by molar-refractivity contribution is 6.04. The monoisotopic (exact) mass is 206 g/mol. The number of nitrogens with zero attached hydrogens (tertiary/aromatic N) is 2. The zero-order valence-corrected chi connectivity index (χ0v) is 8.16. The second kappa shape index (κ2) is 3.68. The van der Waals surface area contributed by atoms with E-state index in [1.165, 1.54) is 0 Å². The van der Waals surface area contributed by atoms with Gasteiger partial charge in [0.25, 0.3) is 6.04 Å². The molecule has 0 aromatic heterocycles. The summed E-state index contributed by atoms with van der Waals surface area (Å²) in [6.07, 6.45) is -0.504. The van der Waals surface area contributed by atoms with E-state index in [1.54, 1.807) is 19.1 Å². The number of nitro groups is 1. The van der Waals surface area contributed by atoms with Crippen molar-refractivity contribution in [3.05, 3.63) is 46.0 Å². The first kappa shape index (κ1) is 9.64. The van der Waals surface area contributed by atoms with Gasteiger partial charge in [-0.25, -0.2) is 0 Å². The van der Waals surface area contributed by atoms with Crippen molar-refractivity contribution in [2.75, 3.05) is 0 Å². The summed E-state index contributed by atoms with van der Waals surface area (Å²) in [6, 6.07) is 8.19. The fourth-order valence-corrected chi connectivity index (χ4v) is 1.58. The zero-order valence-electron chi connectivity index (χ0n) is 8.16. The normalized spacial score (nSPS) is 24.5. The fourth-order valence-electron chi connectivity index (χ4n) is 1.58. The van der Waals surface area contributed by atoms with Crippen LogP contribution in [-0.2, 0) is 4.84 Å². The Bertz CT molecular complexity index is 402. The molecule has 1 aliphatic rings. The minimum Gasteiger partial charge on any atom is -0.384 e.